The lowest BCUT2D eigenvalue weighted by Gasteiger charge is -1.96. The van der Waals surface area contributed by atoms with Crippen LogP contribution >= 0.6 is 0 Å². The summed E-state index contributed by atoms with van der Waals surface area (Å²) >= 11 is 0. The van der Waals surface area contributed by atoms with Crippen LogP contribution in [0.1, 0.15) is 11.1 Å². The predicted molar refractivity (Wildman–Crippen MR) is 63.2 cm³/mol. The number of furan rings is 1. The smallest absolute Gasteiger partial charge is 0.138 e. The van der Waals surface area contributed by atoms with Crippen LogP contribution in [-0.2, 0) is 0 Å². The average molecular weight is 196 g/mol. The van der Waals surface area contributed by atoms with Crippen LogP contribution in [0.5, 0.6) is 0 Å². The molecule has 0 aliphatic heterocycles. The van der Waals surface area contributed by atoms with Crippen LogP contribution in [-0.4, -0.2) is 0 Å². The lowest BCUT2D eigenvalue weighted by atomic mass is 10.1. The van der Waals surface area contributed by atoms with E-state index in [0.717, 1.165) is 11.2 Å². The molecule has 0 N–H and O–H groups in total. The van der Waals surface area contributed by atoms with Crippen LogP contribution in [0.3, 0.4) is 0 Å². The van der Waals surface area contributed by atoms with Crippen molar-refractivity contribution in [3.63, 3.8) is 0 Å². The predicted octanol–water partition coefficient (Wildman–Crippen LogP) is 4.20. The van der Waals surface area contributed by atoms with E-state index in [0.29, 0.717) is 0 Å². The number of fused-ring (bicyclic) bond motifs is 3. The van der Waals surface area contributed by atoms with Crippen molar-refractivity contribution in [2.24, 2.45) is 0 Å². The van der Waals surface area contributed by atoms with Gasteiger partial charge in [0, 0.05) is 10.8 Å². The molecule has 0 fully saturated rings. The monoisotopic (exact) mass is 196 g/mol. The molecule has 1 nitrogen and oxygen atoms in total. The fourth-order valence-electron chi connectivity index (χ4n) is 2.18. The molecular formula is C14H12O. The van der Waals surface area contributed by atoms with Crippen LogP contribution in [0.2, 0.25) is 0 Å². The van der Waals surface area contributed by atoms with Crippen molar-refractivity contribution in [3.8, 4) is 0 Å². The van der Waals surface area contributed by atoms with Gasteiger partial charge < -0.3 is 4.42 Å². The molecule has 74 valence electrons. The lowest BCUT2D eigenvalue weighted by molar-refractivity contribution is 0.665. The zero-order valence-electron chi connectivity index (χ0n) is 8.87. The van der Waals surface area contributed by atoms with Gasteiger partial charge in [-0.15, -0.1) is 0 Å². The second-order valence-corrected chi connectivity index (χ2v) is 4.06. The zero-order valence-corrected chi connectivity index (χ0v) is 8.87. The maximum Gasteiger partial charge on any atom is 0.138 e. The molecular weight excluding hydrogens is 184 g/mol. The van der Waals surface area contributed by atoms with Crippen molar-refractivity contribution in [3.05, 3.63) is 47.5 Å². The van der Waals surface area contributed by atoms with E-state index in [4.69, 9.17) is 4.42 Å². The van der Waals surface area contributed by atoms with Gasteiger partial charge in [0.15, 0.2) is 0 Å². The number of benzene rings is 2. The molecule has 3 aromatic rings. The Bertz CT molecular complexity index is 647. The van der Waals surface area contributed by atoms with Gasteiger partial charge in [-0.05, 0) is 37.1 Å². The third kappa shape index (κ3) is 1.16. The quantitative estimate of drug-likeness (QED) is 0.525. The zero-order chi connectivity index (χ0) is 10.4. The highest BCUT2D eigenvalue weighted by atomic mass is 16.3. The highest BCUT2D eigenvalue weighted by Crippen LogP contribution is 2.31. The summed E-state index contributed by atoms with van der Waals surface area (Å²) in [7, 11) is 0. The summed E-state index contributed by atoms with van der Waals surface area (Å²) in [6.45, 7) is 4.21. The van der Waals surface area contributed by atoms with Gasteiger partial charge in [0.2, 0.25) is 0 Å². The highest BCUT2D eigenvalue weighted by molar-refractivity contribution is 6.05. The van der Waals surface area contributed by atoms with Crippen molar-refractivity contribution in [1.29, 1.82) is 0 Å². The Hall–Kier alpha value is -1.76. The Balaban J connectivity index is 2.61. The molecule has 0 amide bonds. The summed E-state index contributed by atoms with van der Waals surface area (Å²) < 4.78 is 5.84. The topological polar surface area (TPSA) is 13.1 Å². The Morgan fingerprint density at radius 3 is 2.60 bits per heavy atom. The van der Waals surface area contributed by atoms with Gasteiger partial charge >= 0.3 is 0 Å². The van der Waals surface area contributed by atoms with E-state index in [2.05, 4.69) is 38.1 Å². The summed E-state index contributed by atoms with van der Waals surface area (Å²) in [4.78, 5) is 0. The second-order valence-electron chi connectivity index (χ2n) is 4.06. The van der Waals surface area contributed by atoms with Crippen molar-refractivity contribution < 1.29 is 4.42 Å². The Labute approximate surface area is 88.3 Å². The standard InChI is InChI=1S/C14H12O/c1-9-7-10(2)14-12(8-9)11-5-3-4-6-13(11)15-14/h3-8H,1-2H3. The summed E-state index contributed by atoms with van der Waals surface area (Å²) in [5.74, 6) is 0. The van der Waals surface area contributed by atoms with E-state index in [-0.39, 0.29) is 0 Å². The average Bonchev–Trinajstić information content (AvgIpc) is 2.57. The number of hydrogen-bond donors (Lipinski definition) is 0. The normalized spacial score (nSPS) is 11.3. The van der Waals surface area contributed by atoms with Gasteiger partial charge in [-0.25, -0.2) is 0 Å². The minimum absolute atomic E-state index is 0.973. The first-order chi connectivity index (χ1) is 7.25. The molecule has 2 aromatic carbocycles. The molecule has 15 heavy (non-hydrogen) atoms. The first-order valence-electron chi connectivity index (χ1n) is 5.14. The summed E-state index contributed by atoms with van der Waals surface area (Å²) in [6, 6.07) is 12.5. The Kier molecular flexibility index (Phi) is 1.63. The molecule has 3 rings (SSSR count). The van der Waals surface area contributed by atoms with Gasteiger partial charge in [0.05, 0.1) is 0 Å². The molecule has 0 atom stereocenters. The molecule has 1 heterocycles. The van der Waals surface area contributed by atoms with Crippen molar-refractivity contribution in [1.82, 2.24) is 0 Å². The molecule has 0 saturated heterocycles. The fourth-order valence-corrected chi connectivity index (χ4v) is 2.18. The largest absolute Gasteiger partial charge is 0.456 e. The SMILES string of the molecule is Cc1cc(C)c2oc3ccccc3c2c1. The van der Waals surface area contributed by atoms with Gasteiger partial charge in [0.1, 0.15) is 11.2 Å². The van der Waals surface area contributed by atoms with E-state index < -0.39 is 0 Å². The summed E-state index contributed by atoms with van der Waals surface area (Å²) in [5, 5.41) is 2.43. The molecule has 0 saturated carbocycles. The van der Waals surface area contributed by atoms with Crippen LogP contribution in [0, 0.1) is 13.8 Å². The Morgan fingerprint density at radius 2 is 1.73 bits per heavy atom. The molecule has 0 spiro atoms. The van der Waals surface area contributed by atoms with Crippen molar-refractivity contribution >= 4 is 21.9 Å². The summed E-state index contributed by atoms with van der Waals surface area (Å²) in [5.41, 5.74) is 4.48. The third-order valence-corrected chi connectivity index (χ3v) is 2.81. The molecule has 0 unspecified atom stereocenters. The first kappa shape index (κ1) is 8.54. The number of rotatable bonds is 0. The molecule has 0 aliphatic carbocycles. The number of aryl methyl sites for hydroxylation is 2. The van der Waals surface area contributed by atoms with Gasteiger partial charge in [-0.1, -0.05) is 24.3 Å². The highest BCUT2D eigenvalue weighted by Gasteiger charge is 2.08. The molecule has 1 aromatic heterocycles. The van der Waals surface area contributed by atoms with Gasteiger partial charge in [-0.3, -0.25) is 0 Å². The van der Waals surface area contributed by atoms with E-state index in [9.17, 15) is 0 Å². The minimum Gasteiger partial charge on any atom is -0.456 e. The molecule has 0 bridgehead atoms. The molecule has 1 heteroatoms. The number of para-hydroxylation sites is 1. The molecule has 0 radical (unpaired) electrons. The minimum atomic E-state index is 0.973. The maximum absolute atomic E-state index is 5.84. The van der Waals surface area contributed by atoms with E-state index >= 15 is 0 Å². The van der Waals surface area contributed by atoms with E-state index in [1.807, 2.05) is 12.1 Å². The number of hydrogen-bond acceptors (Lipinski definition) is 1. The van der Waals surface area contributed by atoms with Crippen LogP contribution in [0.25, 0.3) is 21.9 Å². The molecule has 0 aliphatic rings. The second kappa shape index (κ2) is 2.86. The van der Waals surface area contributed by atoms with E-state index in [1.54, 1.807) is 0 Å². The maximum atomic E-state index is 5.84. The summed E-state index contributed by atoms with van der Waals surface area (Å²) in [6.07, 6.45) is 0. The van der Waals surface area contributed by atoms with Crippen molar-refractivity contribution in [2.45, 2.75) is 13.8 Å². The first-order valence-corrected chi connectivity index (χ1v) is 5.14. The van der Waals surface area contributed by atoms with Crippen LogP contribution in [0.15, 0.2) is 40.8 Å². The van der Waals surface area contributed by atoms with Gasteiger partial charge in [0.25, 0.3) is 0 Å². The van der Waals surface area contributed by atoms with Crippen LogP contribution < -0.4 is 0 Å². The fraction of sp³-hybridized carbons (Fsp3) is 0.143. The van der Waals surface area contributed by atoms with Gasteiger partial charge in [-0.2, -0.15) is 0 Å². The van der Waals surface area contributed by atoms with Crippen molar-refractivity contribution in [2.75, 3.05) is 0 Å². The third-order valence-electron chi connectivity index (χ3n) is 2.81. The van der Waals surface area contributed by atoms with Crippen LogP contribution in [0.4, 0.5) is 0 Å². The Morgan fingerprint density at radius 1 is 0.933 bits per heavy atom. The van der Waals surface area contributed by atoms with E-state index in [1.165, 1.54) is 21.9 Å². The lowest BCUT2D eigenvalue weighted by Crippen LogP contribution is -1.76.